The molecule has 0 heterocycles. The van der Waals surface area contributed by atoms with Gasteiger partial charge in [-0.1, -0.05) is 44.7 Å². The van der Waals surface area contributed by atoms with Gasteiger partial charge in [0.2, 0.25) is 0 Å². The average Bonchev–Trinajstić information content (AvgIpc) is 3.24. The topological polar surface area (TPSA) is 62.4 Å². The fourth-order valence-corrected chi connectivity index (χ4v) is 4.59. The van der Waals surface area contributed by atoms with E-state index in [0.29, 0.717) is 18.2 Å². The second-order valence-electron chi connectivity index (χ2n) is 10.4. The fraction of sp³-hybridized carbons (Fsp3) is 0.300. The van der Waals surface area contributed by atoms with Gasteiger partial charge in [0, 0.05) is 17.8 Å². The summed E-state index contributed by atoms with van der Waals surface area (Å²) in [6, 6.07) is 8.11. The minimum atomic E-state index is -5.18. The molecule has 5 nitrogen and oxygen atoms in total. The number of urea groups is 1. The largest absolute Gasteiger partial charge is 0.485 e. The molecule has 44 heavy (non-hydrogen) atoms. The first-order valence-electron chi connectivity index (χ1n) is 13.1. The smallest absolute Gasteiger partial charge is 0.416 e. The lowest BCUT2D eigenvalue weighted by molar-refractivity contribution is -0.143. The van der Waals surface area contributed by atoms with Gasteiger partial charge >= 0.3 is 24.6 Å². The van der Waals surface area contributed by atoms with Crippen molar-refractivity contribution >= 4 is 17.4 Å². The van der Waals surface area contributed by atoms with E-state index in [1.54, 1.807) is 0 Å². The zero-order chi connectivity index (χ0) is 32.6. The van der Waals surface area contributed by atoms with E-state index in [0.717, 1.165) is 23.3 Å². The number of ether oxygens (including phenoxy) is 1. The second-order valence-corrected chi connectivity index (χ2v) is 10.4. The fourth-order valence-electron chi connectivity index (χ4n) is 4.59. The zero-order valence-electron chi connectivity index (χ0n) is 23.1. The van der Waals surface area contributed by atoms with Gasteiger partial charge in [0.1, 0.15) is 11.9 Å². The average molecular weight is 632 g/mol. The number of amides is 2. The molecule has 3 aromatic carbocycles. The molecule has 0 fully saturated rings. The summed E-state index contributed by atoms with van der Waals surface area (Å²) in [4.78, 5) is 12.8. The molecule has 3 aromatic rings. The van der Waals surface area contributed by atoms with Crippen molar-refractivity contribution in [2.24, 2.45) is 5.92 Å². The number of fused-ring (bicyclic) bond motifs is 1. The SMILES string of the molecule is C=C(N[C@@H]1c2ccccc2C[C@H]1Oc1ccc(C(F)(F)F)cc1NC(=O)Nc1cc(C(F)(F)F)cc(C(F)(F)F)c1)C(C)C. The predicted octanol–water partition coefficient (Wildman–Crippen LogP) is 9.19. The molecule has 0 saturated heterocycles. The monoisotopic (exact) mass is 631 g/mol. The van der Waals surface area contributed by atoms with Gasteiger partial charge in [0.15, 0.2) is 0 Å². The number of carbonyl (C=O) groups is 1. The number of carbonyl (C=O) groups excluding carboxylic acids is 1. The van der Waals surface area contributed by atoms with Crippen LogP contribution in [-0.4, -0.2) is 12.1 Å². The molecule has 0 unspecified atom stereocenters. The lowest BCUT2D eigenvalue weighted by Crippen LogP contribution is -2.33. The van der Waals surface area contributed by atoms with Gasteiger partial charge < -0.3 is 20.7 Å². The molecular weight excluding hydrogens is 605 g/mol. The van der Waals surface area contributed by atoms with Crippen LogP contribution in [0.5, 0.6) is 5.75 Å². The highest BCUT2D eigenvalue weighted by atomic mass is 19.4. The van der Waals surface area contributed by atoms with E-state index >= 15 is 0 Å². The van der Waals surface area contributed by atoms with E-state index in [-0.39, 0.29) is 29.9 Å². The molecule has 14 heteroatoms. The van der Waals surface area contributed by atoms with Crippen molar-refractivity contribution in [3.05, 3.63) is 101 Å². The van der Waals surface area contributed by atoms with Crippen LogP contribution in [0.1, 0.15) is 47.7 Å². The van der Waals surface area contributed by atoms with Crippen molar-refractivity contribution in [2.45, 2.75) is 50.9 Å². The van der Waals surface area contributed by atoms with E-state index in [1.165, 1.54) is 0 Å². The molecule has 0 aromatic heterocycles. The summed E-state index contributed by atoms with van der Waals surface area (Å²) in [5, 5.41) is 7.21. The highest BCUT2D eigenvalue weighted by molar-refractivity contribution is 6.00. The molecule has 0 spiro atoms. The molecule has 1 aliphatic rings. The molecule has 0 aliphatic heterocycles. The minimum absolute atomic E-state index is 0.0316. The molecule has 2 amide bonds. The Morgan fingerprint density at radius 1 is 0.818 bits per heavy atom. The maximum atomic E-state index is 13.6. The summed E-state index contributed by atoms with van der Waals surface area (Å²) in [6.45, 7) is 7.83. The summed E-state index contributed by atoms with van der Waals surface area (Å²) in [6.07, 6.45) is -15.6. The number of hydrogen-bond acceptors (Lipinski definition) is 3. The number of rotatable bonds is 7. The van der Waals surface area contributed by atoms with Crippen LogP contribution >= 0.6 is 0 Å². The van der Waals surface area contributed by atoms with Crippen LogP contribution in [0, 0.1) is 5.92 Å². The van der Waals surface area contributed by atoms with Crippen LogP contribution in [0.3, 0.4) is 0 Å². The van der Waals surface area contributed by atoms with Crippen molar-refractivity contribution in [1.82, 2.24) is 5.32 Å². The summed E-state index contributed by atoms with van der Waals surface area (Å²) in [5.41, 5.74) is -3.53. The van der Waals surface area contributed by atoms with E-state index in [2.05, 4.69) is 17.2 Å². The van der Waals surface area contributed by atoms with Crippen LogP contribution in [-0.2, 0) is 24.9 Å². The minimum Gasteiger partial charge on any atom is -0.485 e. The van der Waals surface area contributed by atoms with Gasteiger partial charge in [0.05, 0.1) is 28.4 Å². The van der Waals surface area contributed by atoms with Crippen LogP contribution in [0.25, 0.3) is 0 Å². The second kappa shape index (κ2) is 12.0. The zero-order valence-corrected chi connectivity index (χ0v) is 23.1. The Hall–Kier alpha value is -4.36. The van der Waals surface area contributed by atoms with Crippen LogP contribution < -0.4 is 20.7 Å². The van der Waals surface area contributed by atoms with Crippen molar-refractivity contribution in [3.8, 4) is 5.75 Å². The van der Waals surface area contributed by atoms with Crippen molar-refractivity contribution in [1.29, 1.82) is 0 Å². The van der Waals surface area contributed by atoms with E-state index in [4.69, 9.17) is 4.74 Å². The van der Waals surface area contributed by atoms with Gasteiger partial charge in [-0.2, -0.15) is 39.5 Å². The lowest BCUT2D eigenvalue weighted by atomic mass is 10.1. The molecule has 0 saturated carbocycles. The Bertz CT molecular complexity index is 1510. The predicted molar refractivity (Wildman–Crippen MR) is 145 cm³/mol. The van der Waals surface area contributed by atoms with Crippen LogP contribution in [0.4, 0.5) is 55.7 Å². The number of halogens is 9. The van der Waals surface area contributed by atoms with Gasteiger partial charge in [0.25, 0.3) is 0 Å². The molecule has 0 radical (unpaired) electrons. The highest BCUT2D eigenvalue weighted by Gasteiger charge is 2.38. The lowest BCUT2D eigenvalue weighted by Gasteiger charge is -2.27. The van der Waals surface area contributed by atoms with Crippen molar-refractivity contribution < 1.29 is 49.0 Å². The van der Waals surface area contributed by atoms with Gasteiger partial charge in [-0.05, 0) is 53.4 Å². The van der Waals surface area contributed by atoms with Gasteiger partial charge in [-0.3, -0.25) is 0 Å². The van der Waals surface area contributed by atoms with E-state index in [1.807, 2.05) is 43.4 Å². The third kappa shape index (κ3) is 7.58. The van der Waals surface area contributed by atoms with E-state index in [9.17, 15) is 44.3 Å². The van der Waals surface area contributed by atoms with Crippen LogP contribution in [0.2, 0.25) is 0 Å². The third-order valence-electron chi connectivity index (χ3n) is 6.90. The third-order valence-corrected chi connectivity index (χ3v) is 6.90. The Labute approximate surface area is 246 Å². The number of alkyl halides is 9. The molecule has 236 valence electrons. The number of hydrogen-bond donors (Lipinski definition) is 3. The highest BCUT2D eigenvalue weighted by Crippen LogP contribution is 2.41. The Morgan fingerprint density at radius 2 is 1.41 bits per heavy atom. The van der Waals surface area contributed by atoms with E-state index < -0.39 is 64.8 Å². The normalized spacial score (nSPS) is 16.8. The van der Waals surface area contributed by atoms with Gasteiger partial charge in [-0.15, -0.1) is 0 Å². The Morgan fingerprint density at radius 3 is 1.98 bits per heavy atom. The standard InChI is InChI=1S/C30H26F9N3O2/c1-15(2)16(3)40-26-22-7-5-4-6-17(22)10-25(26)44-24-9-8-18(28(31,32)33)14-23(24)42-27(43)41-21-12-19(29(34,35)36)11-20(13-21)30(37,38)39/h4-9,11-15,25-26,40H,3,10H2,1-2H3,(H2,41,42,43)/t25-,26-/m1/s1. The summed E-state index contributed by atoms with van der Waals surface area (Å²) in [5.74, 6) is -0.183. The molecule has 1 aliphatic carbocycles. The number of benzene rings is 3. The molecule has 0 bridgehead atoms. The van der Waals surface area contributed by atoms with Crippen LogP contribution in [0.15, 0.2) is 72.9 Å². The summed E-state index contributed by atoms with van der Waals surface area (Å²) >= 11 is 0. The Balaban J connectivity index is 1.65. The quantitative estimate of drug-likeness (QED) is 0.228. The number of nitrogens with one attached hydrogen (secondary N) is 3. The first-order valence-corrected chi connectivity index (χ1v) is 13.1. The maximum absolute atomic E-state index is 13.6. The van der Waals surface area contributed by atoms with Crippen molar-refractivity contribution in [3.63, 3.8) is 0 Å². The first kappa shape index (κ1) is 32.6. The molecule has 3 N–H and O–H groups in total. The first-order chi connectivity index (χ1) is 20.3. The summed E-state index contributed by atoms with van der Waals surface area (Å²) in [7, 11) is 0. The number of allylic oxidation sites excluding steroid dienone is 1. The molecular formula is C30H26F9N3O2. The maximum Gasteiger partial charge on any atom is 0.416 e. The Kier molecular flexibility index (Phi) is 8.85. The van der Waals surface area contributed by atoms with Crippen molar-refractivity contribution in [2.75, 3.05) is 10.6 Å². The van der Waals surface area contributed by atoms with Gasteiger partial charge in [-0.25, -0.2) is 4.79 Å². The summed E-state index contributed by atoms with van der Waals surface area (Å²) < 4.78 is 126. The molecule has 2 atom stereocenters. The molecule has 4 rings (SSSR count). The number of anilines is 2.